The van der Waals surface area contributed by atoms with Gasteiger partial charge in [0.2, 0.25) is 0 Å². The van der Waals surface area contributed by atoms with Crippen LogP contribution < -0.4 is 0 Å². The highest BCUT2D eigenvalue weighted by Crippen LogP contribution is 2.51. The summed E-state index contributed by atoms with van der Waals surface area (Å²) in [6.07, 6.45) is 6.13. The van der Waals surface area contributed by atoms with E-state index < -0.39 is 0 Å². The zero-order chi connectivity index (χ0) is 46.2. The molecule has 13 rings (SSSR count). The molecule has 9 nitrogen and oxygen atoms in total. The second-order valence-corrected chi connectivity index (χ2v) is 17.2. The molecule has 0 bridgehead atoms. The summed E-state index contributed by atoms with van der Waals surface area (Å²) < 4.78 is 6.90. The number of allylic oxidation sites excluding steroid dienone is 1. The summed E-state index contributed by atoms with van der Waals surface area (Å²) in [7, 11) is 0. The van der Waals surface area contributed by atoms with Gasteiger partial charge in [-0.2, -0.15) is 15.8 Å². The lowest BCUT2D eigenvalue weighted by Gasteiger charge is -2.15. The Hall–Kier alpha value is -9.88. The van der Waals surface area contributed by atoms with Crippen LogP contribution in [0.25, 0.3) is 112 Å². The van der Waals surface area contributed by atoms with Crippen molar-refractivity contribution < 1.29 is 0 Å². The Kier molecular flexibility index (Phi) is 8.95. The van der Waals surface area contributed by atoms with Crippen LogP contribution in [0.2, 0.25) is 0 Å². The monoisotopic (exact) mass is 881 g/mol. The molecule has 8 aromatic carbocycles. The van der Waals surface area contributed by atoms with Gasteiger partial charge in [-0.15, -0.1) is 0 Å². The zero-order valence-electron chi connectivity index (χ0n) is 36.8. The largest absolute Gasteiger partial charge is 0.309 e. The van der Waals surface area contributed by atoms with E-state index in [4.69, 9.17) is 15.0 Å². The Morgan fingerprint density at radius 2 is 0.957 bits per heavy atom. The van der Waals surface area contributed by atoms with E-state index in [-0.39, 0.29) is 0 Å². The molecular formula is C60H35N9. The van der Waals surface area contributed by atoms with Crippen molar-refractivity contribution in [2.75, 3.05) is 0 Å². The Labute approximate surface area is 395 Å². The molecule has 0 fully saturated rings. The van der Waals surface area contributed by atoms with Crippen LogP contribution in [0, 0.1) is 34.0 Å². The van der Waals surface area contributed by atoms with Gasteiger partial charge >= 0.3 is 0 Å². The van der Waals surface area contributed by atoms with Crippen molar-refractivity contribution in [1.29, 1.82) is 15.8 Å². The lowest BCUT2D eigenvalue weighted by Crippen LogP contribution is -2.02. The fourth-order valence-corrected chi connectivity index (χ4v) is 10.5. The second kappa shape index (κ2) is 15.6. The molecule has 1 aliphatic carbocycles. The molecule has 12 aromatic rings. The Bertz CT molecular complexity index is 4230. The normalized spacial score (nSPS) is 12.1. The molecule has 0 saturated heterocycles. The third kappa shape index (κ3) is 6.04. The van der Waals surface area contributed by atoms with Crippen LogP contribution in [-0.2, 0) is 6.42 Å². The topological polar surface area (TPSA) is 125 Å². The van der Waals surface area contributed by atoms with Gasteiger partial charge in [-0.25, -0.2) is 15.0 Å². The standard InChI is InChI=1S/C60H35N9/c61-34-37-15-13-21-43(31-37)67-49-26-10-7-23-45(49)52-55-53(46-24-8-11-27-50(46)68(55)44-22-14-16-38(32-44)35-62)57-54(56(52)67)47-25-9-12-28-51(47)69(57)48-30-29-41(33-42(48)36-63)60-65-58(39-17-3-1-4-18-39)64-59(66-60)40-19-5-2-6-20-40/h1-6,8-22,24-33H,7,23H2. The van der Waals surface area contributed by atoms with Crippen molar-refractivity contribution in [3.8, 4) is 69.4 Å². The van der Waals surface area contributed by atoms with Crippen LogP contribution in [0.3, 0.4) is 0 Å². The minimum atomic E-state index is 0.441. The molecule has 0 amide bonds. The van der Waals surface area contributed by atoms with Gasteiger partial charge in [0.1, 0.15) is 6.07 Å². The van der Waals surface area contributed by atoms with Crippen molar-refractivity contribution in [3.05, 3.63) is 210 Å². The molecule has 4 aromatic heterocycles. The van der Waals surface area contributed by atoms with Gasteiger partial charge in [0.25, 0.3) is 0 Å². The predicted octanol–water partition coefficient (Wildman–Crippen LogP) is 13.6. The number of hydrogen-bond acceptors (Lipinski definition) is 6. The van der Waals surface area contributed by atoms with E-state index in [0.717, 1.165) is 95.6 Å². The SMILES string of the molecule is N#Cc1cccc(-n2c3c(c4c2c2c5ccccc5n(-c5ccc(-c6nc(-c7ccccc7)nc(-c7ccccc7)n6)cc5C#N)c2c2c5ccccc5n(-c5cccc(C#N)c5)c42)CCC=C3)c1. The van der Waals surface area contributed by atoms with Gasteiger partial charge in [-0.1, -0.05) is 115 Å². The van der Waals surface area contributed by atoms with Gasteiger partial charge in [0, 0.05) is 60.7 Å². The number of nitriles is 3. The number of rotatable bonds is 6. The number of aromatic nitrogens is 6. The van der Waals surface area contributed by atoms with Crippen molar-refractivity contribution in [2.45, 2.75) is 12.8 Å². The summed E-state index contributed by atoms with van der Waals surface area (Å²) in [5.41, 5.74) is 13.5. The fourth-order valence-electron chi connectivity index (χ4n) is 10.5. The maximum Gasteiger partial charge on any atom is 0.164 e. The van der Waals surface area contributed by atoms with Crippen molar-refractivity contribution in [1.82, 2.24) is 28.7 Å². The smallest absolute Gasteiger partial charge is 0.164 e. The molecule has 0 N–H and O–H groups in total. The Morgan fingerprint density at radius 3 is 1.55 bits per heavy atom. The van der Waals surface area contributed by atoms with E-state index in [9.17, 15) is 15.8 Å². The fraction of sp³-hybridized carbons (Fsp3) is 0.0333. The number of fused-ring (bicyclic) bond motifs is 12. The van der Waals surface area contributed by atoms with E-state index in [0.29, 0.717) is 45.4 Å². The highest BCUT2D eigenvalue weighted by Gasteiger charge is 2.31. The van der Waals surface area contributed by atoms with Crippen molar-refractivity contribution in [3.63, 3.8) is 0 Å². The van der Waals surface area contributed by atoms with Gasteiger partial charge < -0.3 is 13.7 Å². The van der Waals surface area contributed by atoms with Crippen molar-refractivity contribution >= 4 is 60.6 Å². The number of hydrogen-bond donors (Lipinski definition) is 0. The maximum atomic E-state index is 11.3. The first-order valence-electron chi connectivity index (χ1n) is 22.8. The van der Waals surface area contributed by atoms with Crippen molar-refractivity contribution in [2.24, 2.45) is 0 Å². The predicted molar refractivity (Wildman–Crippen MR) is 273 cm³/mol. The molecule has 9 heteroatoms. The molecular weight excluding hydrogens is 847 g/mol. The van der Waals surface area contributed by atoms with Crippen LogP contribution in [-0.4, -0.2) is 28.7 Å². The first-order valence-corrected chi connectivity index (χ1v) is 22.8. The number of nitrogens with zero attached hydrogens (tertiary/aromatic N) is 9. The Balaban J connectivity index is 1.19. The molecule has 0 aliphatic heterocycles. The molecule has 1 aliphatic rings. The van der Waals surface area contributed by atoms with Gasteiger partial charge in [-0.05, 0) is 91.2 Å². The average molecular weight is 882 g/mol. The minimum absolute atomic E-state index is 0.441. The third-order valence-electron chi connectivity index (χ3n) is 13.4. The summed E-state index contributed by atoms with van der Waals surface area (Å²) in [4.78, 5) is 14.9. The molecule has 0 atom stereocenters. The summed E-state index contributed by atoms with van der Waals surface area (Å²) >= 11 is 0. The summed E-state index contributed by atoms with van der Waals surface area (Å²) in [6, 6.07) is 65.5. The maximum absolute atomic E-state index is 11.3. The van der Waals surface area contributed by atoms with Crippen LogP contribution in [0.5, 0.6) is 0 Å². The first-order chi connectivity index (χ1) is 34.1. The number of para-hydroxylation sites is 2. The number of aryl methyl sites for hydroxylation is 1. The highest BCUT2D eigenvalue weighted by molar-refractivity contribution is 6.37. The molecule has 0 spiro atoms. The third-order valence-corrected chi connectivity index (χ3v) is 13.4. The van der Waals surface area contributed by atoms with E-state index in [1.807, 2.05) is 121 Å². The minimum Gasteiger partial charge on any atom is -0.309 e. The molecule has 0 saturated carbocycles. The second-order valence-electron chi connectivity index (χ2n) is 17.2. The summed E-state index contributed by atoms with van der Waals surface area (Å²) in [5.74, 6) is 1.53. The van der Waals surface area contributed by atoms with Gasteiger partial charge in [-0.3, -0.25) is 0 Å². The van der Waals surface area contributed by atoms with E-state index in [1.165, 1.54) is 5.56 Å². The summed E-state index contributed by atoms with van der Waals surface area (Å²) in [5, 5.41) is 37.0. The quantitative estimate of drug-likeness (QED) is 0.164. The average Bonchev–Trinajstić information content (AvgIpc) is 4.07. The van der Waals surface area contributed by atoms with E-state index in [2.05, 4.69) is 98.7 Å². The van der Waals surface area contributed by atoms with Gasteiger partial charge in [0.05, 0.1) is 62.1 Å². The summed E-state index contributed by atoms with van der Waals surface area (Å²) in [6.45, 7) is 0. The first kappa shape index (κ1) is 39.5. The van der Waals surface area contributed by atoms with Gasteiger partial charge in [0.15, 0.2) is 17.5 Å². The molecule has 69 heavy (non-hydrogen) atoms. The molecule has 0 unspecified atom stereocenters. The molecule has 4 heterocycles. The lowest BCUT2D eigenvalue weighted by atomic mass is 9.97. The Morgan fingerprint density at radius 1 is 0.435 bits per heavy atom. The molecule has 320 valence electrons. The van der Waals surface area contributed by atoms with E-state index in [1.54, 1.807) is 0 Å². The van der Waals surface area contributed by atoms with Crippen LogP contribution >= 0.6 is 0 Å². The zero-order valence-corrected chi connectivity index (χ0v) is 36.8. The van der Waals surface area contributed by atoms with E-state index >= 15 is 0 Å². The molecule has 0 radical (unpaired) electrons. The van der Waals surface area contributed by atoms with Crippen LogP contribution in [0.15, 0.2) is 182 Å². The van der Waals surface area contributed by atoms with Crippen LogP contribution in [0.1, 0.15) is 34.4 Å². The number of benzene rings is 8. The lowest BCUT2D eigenvalue weighted by molar-refractivity contribution is 0.968. The highest BCUT2D eigenvalue weighted by atomic mass is 15.1. The van der Waals surface area contributed by atoms with Crippen LogP contribution in [0.4, 0.5) is 0 Å².